The molecule has 1 saturated heterocycles. The van der Waals surface area contributed by atoms with Gasteiger partial charge in [0.05, 0.1) is 11.9 Å². The number of rotatable bonds is 6. The lowest BCUT2D eigenvalue weighted by molar-refractivity contribution is 0.316. The fourth-order valence-corrected chi connectivity index (χ4v) is 4.54. The second-order valence-corrected chi connectivity index (χ2v) is 7.98. The van der Waals surface area contributed by atoms with Crippen molar-refractivity contribution in [1.29, 1.82) is 0 Å². The molecule has 0 bridgehead atoms. The van der Waals surface area contributed by atoms with E-state index in [0.29, 0.717) is 11.7 Å². The fraction of sp³-hybridized carbons (Fsp3) is 0.455. The van der Waals surface area contributed by atoms with E-state index in [2.05, 4.69) is 45.5 Å². The Morgan fingerprint density at radius 2 is 2.04 bits per heavy atom. The maximum atomic E-state index is 13.3. The van der Waals surface area contributed by atoms with Crippen molar-refractivity contribution in [2.75, 3.05) is 13.6 Å². The summed E-state index contributed by atoms with van der Waals surface area (Å²) >= 11 is 6.01. The van der Waals surface area contributed by atoms with Gasteiger partial charge in [-0.3, -0.25) is 4.90 Å². The van der Waals surface area contributed by atoms with E-state index in [9.17, 15) is 4.39 Å². The van der Waals surface area contributed by atoms with Crippen LogP contribution in [0.5, 0.6) is 0 Å². The van der Waals surface area contributed by atoms with Crippen LogP contribution < -0.4 is 0 Å². The maximum absolute atomic E-state index is 13.3. The van der Waals surface area contributed by atoms with E-state index in [4.69, 9.17) is 11.6 Å². The van der Waals surface area contributed by atoms with Crippen molar-refractivity contribution in [3.63, 3.8) is 0 Å². The second-order valence-electron chi connectivity index (χ2n) is 7.55. The van der Waals surface area contributed by atoms with Gasteiger partial charge in [-0.1, -0.05) is 30.7 Å². The lowest BCUT2D eigenvalue weighted by Crippen LogP contribution is -2.19. The lowest BCUT2D eigenvalue weighted by Gasteiger charge is -2.21. The number of benzene rings is 1. The topological polar surface area (TPSA) is 34.0 Å². The molecular formula is C22H26ClFN4. The van der Waals surface area contributed by atoms with Crippen LogP contribution in [0.4, 0.5) is 4.39 Å². The summed E-state index contributed by atoms with van der Waals surface area (Å²) < 4.78 is 15.6. The molecule has 28 heavy (non-hydrogen) atoms. The van der Waals surface area contributed by atoms with Gasteiger partial charge in [-0.05, 0) is 57.0 Å². The Kier molecular flexibility index (Phi) is 5.65. The third kappa shape index (κ3) is 3.53. The first-order valence-corrected chi connectivity index (χ1v) is 10.4. The van der Waals surface area contributed by atoms with Gasteiger partial charge in [-0.2, -0.15) is 0 Å². The second kappa shape index (κ2) is 8.18. The van der Waals surface area contributed by atoms with Crippen LogP contribution >= 0.6 is 11.6 Å². The minimum atomic E-state index is -0.583. The van der Waals surface area contributed by atoms with Crippen molar-refractivity contribution >= 4 is 22.8 Å². The average molecular weight is 401 g/mol. The first-order valence-electron chi connectivity index (χ1n) is 10.00. The highest BCUT2D eigenvalue weighted by atomic mass is 35.5. The average Bonchev–Trinajstić information content (AvgIpc) is 3.27. The number of likely N-dealkylation sites (tertiary alicyclic amines) is 1. The summed E-state index contributed by atoms with van der Waals surface area (Å²) in [7, 11) is 2.17. The van der Waals surface area contributed by atoms with Crippen molar-refractivity contribution in [2.45, 2.75) is 51.9 Å². The Balaban J connectivity index is 1.79. The van der Waals surface area contributed by atoms with Gasteiger partial charge in [0.2, 0.25) is 0 Å². The first-order chi connectivity index (χ1) is 13.6. The van der Waals surface area contributed by atoms with E-state index >= 15 is 0 Å². The summed E-state index contributed by atoms with van der Waals surface area (Å²) in [5.41, 5.74) is 5.92. The van der Waals surface area contributed by atoms with Crippen LogP contribution in [0.2, 0.25) is 5.02 Å². The molecule has 148 valence electrons. The predicted molar refractivity (Wildman–Crippen MR) is 111 cm³/mol. The van der Waals surface area contributed by atoms with Gasteiger partial charge in [0, 0.05) is 28.9 Å². The number of aryl methyl sites for hydroxylation is 2. The summed E-state index contributed by atoms with van der Waals surface area (Å²) in [5, 5.41) is 0.751. The molecule has 4 nitrogen and oxygen atoms in total. The smallest absolute Gasteiger partial charge is 0.159 e. The number of hydrogen-bond acceptors (Lipinski definition) is 3. The SMILES string of the molecule is CCc1c(C2CCCN2C)c2nc(CF)cnc2n1CCc1ccc(Cl)cc1. The summed E-state index contributed by atoms with van der Waals surface area (Å²) in [5.74, 6) is 0. The Hall–Kier alpha value is -1.98. The van der Waals surface area contributed by atoms with Gasteiger partial charge in [0.25, 0.3) is 0 Å². The number of nitrogens with zero attached hydrogens (tertiary/aromatic N) is 4. The van der Waals surface area contributed by atoms with Gasteiger partial charge in [-0.25, -0.2) is 14.4 Å². The Morgan fingerprint density at radius 1 is 1.25 bits per heavy atom. The van der Waals surface area contributed by atoms with E-state index in [1.807, 2.05) is 12.1 Å². The molecule has 6 heteroatoms. The molecule has 1 aliphatic rings. The van der Waals surface area contributed by atoms with Crippen LogP contribution in [-0.4, -0.2) is 33.0 Å². The molecule has 0 N–H and O–H groups in total. The third-order valence-corrected chi connectivity index (χ3v) is 6.07. The lowest BCUT2D eigenvalue weighted by atomic mass is 10.0. The molecule has 1 unspecified atom stereocenters. The third-order valence-electron chi connectivity index (χ3n) is 5.81. The Bertz CT molecular complexity index is 967. The molecule has 0 spiro atoms. The zero-order valence-corrected chi connectivity index (χ0v) is 17.2. The number of fused-ring (bicyclic) bond motifs is 1. The van der Waals surface area contributed by atoms with E-state index in [-0.39, 0.29) is 0 Å². The van der Waals surface area contributed by atoms with Gasteiger partial charge < -0.3 is 4.57 Å². The molecular weight excluding hydrogens is 375 g/mol. The zero-order chi connectivity index (χ0) is 19.7. The summed E-state index contributed by atoms with van der Waals surface area (Å²) in [6.07, 6.45) is 5.66. The van der Waals surface area contributed by atoms with Crippen molar-refractivity contribution in [2.24, 2.45) is 0 Å². The predicted octanol–water partition coefficient (Wildman–Crippen LogP) is 5.13. The molecule has 0 amide bonds. The highest BCUT2D eigenvalue weighted by molar-refractivity contribution is 6.30. The monoisotopic (exact) mass is 400 g/mol. The quantitative estimate of drug-likeness (QED) is 0.575. The number of aromatic nitrogens is 3. The van der Waals surface area contributed by atoms with Crippen LogP contribution in [0.3, 0.4) is 0 Å². The Morgan fingerprint density at radius 3 is 2.68 bits per heavy atom. The summed E-state index contributed by atoms with van der Waals surface area (Å²) in [6.45, 7) is 3.50. The van der Waals surface area contributed by atoms with E-state index < -0.39 is 6.67 Å². The first kappa shape index (κ1) is 19.3. The molecule has 4 rings (SSSR count). The van der Waals surface area contributed by atoms with Crippen molar-refractivity contribution in [3.05, 3.63) is 58.0 Å². The Labute approximate surface area is 170 Å². The van der Waals surface area contributed by atoms with Crippen LogP contribution in [0.1, 0.15) is 48.3 Å². The van der Waals surface area contributed by atoms with E-state index in [1.54, 1.807) is 6.20 Å². The van der Waals surface area contributed by atoms with Crippen molar-refractivity contribution in [1.82, 2.24) is 19.4 Å². The van der Waals surface area contributed by atoms with Crippen molar-refractivity contribution in [3.8, 4) is 0 Å². The number of halogens is 2. The highest BCUT2D eigenvalue weighted by Gasteiger charge is 2.30. The summed E-state index contributed by atoms with van der Waals surface area (Å²) in [6, 6.07) is 8.32. The molecule has 1 atom stereocenters. The minimum Gasteiger partial charge on any atom is -0.328 e. The molecule has 0 aliphatic carbocycles. The fourth-order valence-electron chi connectivity index (χ4n) is 4.41. The standard InChI is InChI=1S/C22H26ClFN4/c1-3-18-20(19-5-4-11-27(19)2)21-22(25-14-17(13-24)26-21)28(18)12-10-15-6-8-16(23)9-7-15/h6-9,14,19H,3-5,10-13H2,1-2H3. The minimum absolute atomic E-state index is 0.332. The van der Waals surface area contributed by atoms with Crippen molar-refractivity contribution < 1.29 is 4.39 Å². The molecule has 3 heterocycles. The van der Waals surface area contributed by atoms with Gasteiger partial charge in [-0.15, -0.1) is 0 Å². The number of hydrogen-bond donors (Lipinski definition) is 0. The molecule has 0 saturated carbocycles. The molecule has 2 aromatic heterocycles. The van der Waals surface area contributed by atoms with Crippen LogP contribution in [0.25, 0.3) is 11.2 Å². The maximum Gasteiger partial charge on any atom is 0.159 e. The largest absolute Gasteiger partial charge is 0.328 e. The van der Waals surface area contributed by atoms with E-state index in [0.717, 1.165) is 48.5 Å². The molecule has 1 fully saturated rings. The van der Waals surface area contributed by atoms with Gasteiger partial charge in [0.1, 0.15) is 12.2 Å². The zero-order valence-electron chi connectivity index (χ0n) is 16.5. The molecule has 1 aromatic carbocycles. The van der Waals surface area contributed by atoms with Crippen LogP contribution in [0.15, 0.2) is 30.5 Å². The highest BCUT2D eigenvalue weighted by Crippen LogP contribution is 2.38. The number of alkyl halides is 1. The molecule has 0 radical (unpaired) electrons. The van der Waals surface area contributed by atoms with Gasteiger partial charge in [0.15, 0.2) is 5.65 Å². The van der Waals surface area contributed by atoms with Crippen LogP contribution in [-0.2, 0) is 26.1 Å². The molecule has 3 aromatic rings. The van der Waals surface area contributed by atoms with E-state index in [1.165, 1.54) is 23.2 Å². The van der Waals surface area contributed by atoms with Crippen LogP contribution in [0, 0.1) is 0 Å². The normalized spacial score (nSPS) is 17.6. The summed E-state index contributed by atoms with van der Waals surface area (Å²) in [4.78, 5) is 11.7. The molecule has 1 aliphatic heterocycles. The van der Waals surface area contributed by atoms with Gasteiger partial charge >= 0.3 is 0 Å².